The van der Waals surface area contributed by atoms with E-state index in [1.54, 1.807) is 28.8 Å². The lowest BCUT2D eigenvalue weighted by molar-refractivity contribution is -0.137. The molecule has 4 aromatic carbocycles. The van der Waals surface area contributed by atoms with E-state index >= 15 is 0 Å². The maximum atomic E-state index is 13.6. The van der Waals surface area contributed by atoms with Crippen molar-refractivity contribution in [2.45, 2.75) is 23.9 Å². The standard InChI is InChI=1S/C34H29F3N4O4S/c1-45-32(43)24-12-10-23(11-13-24)17-19-46-27-14-15-29-28(21-27)30(31(42)41(29)18-16-22-6-3-2-4-7-22)39-40-33(44)38-26-9-5-8-25(20-26)34(35,36)37/h2-15,20-21H,16-19H2,1H3,(H2,38,40,44)/b39-30-. The molecule has 4 aromatic rings. The number of thioether (sulfide) groups is 1. The van der Waals surface area contributed by atoms with Crippen LogP contribution in [0.15, 0.2) is 107 Å². The van der Waals surface area contributed by atoms with Gasteiger partial charge in [0.15, 0.2) is 5.71 Å². The number of aryl methyl sites for hydroxylation is 1. The number of anilines is 2. The van der Waals surface area contributed by atoms with Gasteiger partial charge >= 0.3 is 18.2 Å². The number of nitrogens with one attached hydrogen (secondary N) is 2. The predicted octanol–water partition coefficient (Wildman–Crippen LogP) is 6.94. The normalized spacial score (nSPS) is 13.4. The Kier molecular flexibility index (Phi) is 10.1. The van der Waals surface area contributed by atoms with Crippen molar-refractivity contribution in [2.75, 3.05) is 29.6 Å². The van der Waals surface area contributed by atoms with E-state index in [0.29, 0.717) is 35.5 Å². The van der Waals surface area contributed by atoms with Gasteiger partial charge < -0.3 is 15.0 Å². The monoisotopic (exact) mass is 646 g/mol. The number of methoxy groups -OCH3 is 1. The van der Waals surface area contributed by atoms with Gasteiger partial charge in [0, 0.05) is 28.4 Å². The summed E-state index contributed by atoms with van der Waals surface area (Å²) in [7, 11) is 1.33. The fourth-order valence-electron chi connectivity index (χ4n) is 4.85. The van der Waals surface area contributed by atoms with Crippen LogP contribution in [-0.2, 0) is 28.5 Å². The molecule has 46 heavy (non-hydrogen) atoms. The highest BCUT2D eigenvalue weighted by atomic mass is 32.2. The number of hydrazone groups is 1. The Labute approximate surface area is 267 Å². The van der Waals surface area contributed by atoms with E-state index in [-0.39, 0.29) is 11.4 Å². The number of rotatable bonds is 10. The molecule has 0 saturated heterocycles. The first-order valence-electron chi connectivity index (χ1n) is 14.2. The van der Waals surface area contributed by atoms with Gasteiger partial charge in [0.2, 0.25) is 0 Å². The molecule has 0 radical (unpaired) electrons. The zero-order valence-electron chi connectivity index (χ0n) is 24.6. The molecule has 0 bridgehead atoms. The van der Waals surface area contributed by atoms with Gasteiger partial charge in [0.05, 0.1) is 23.9 Å². The van der Waals surface area contributed by atoms with Crippen molar-refractivity contribution in [1.29, 1.82) is 0 Å². The molecule has 1 heterocycles. The van der Waals surface area contributed by atoms with Crippen LogP contribution < -0.4 is 15.6 Å². The molecule has 0 saturated carbocycles. The molecule has 5 rings (SSSR count). The van der Waals surface area contributed by atoms with Crippen LogP contribution in [0.4, 0.5) is 29.3 Å². The number of nitrogens with zero attached hydrogens (tertiary/aromatic N) is 2. The lowest BCUT2D eigenvalue weighted by Crippen LogP contribution is -2.34. The molecule has 3 amide bonds. The summed E-state index contributed by atoms with van der Waals surface area (Å²) in [5.41, 5.74) is 5.04. The van der Waals surface area contributed by atoms with Crippen LogP contribution in [0.2, 0.25) is 0 Å². The summed E-state index contributed by atoms with van der Waals surface area (Å²) < 4.78 is 44.0. The summed E-state index contributed by atoms with van der Waals surface area (Å²) in [6, 6.07) is 25.8. The second-order valence-corrected chi connectivity index (χ2v) is 11.4. The SMILES string of the molecule is COC(=O)c1ccc(CCSc2ccc3c(c2)/C(=N/NC(=O)Nc2cccc(C(F)(F)F)c2)C(=O)N3CCc2ccccc2)cc1. The first-order valence-corrected chi connectivity index (χ1v) is 15.2. The molecule has 0 spiro atoms. The summed E-state index contributed by atoms with van der Waals surface area (Å²) in [5, 5.41) is 6.44. The van der Waals surface area contributed by atoms with Crippen LogP contribution in [0.3, 0.4) is 0 Å². The maximum absolute atomic E-state index is 13.6. The quantitative estimate of drug-likeness (QED) is 0.111. The molecule has 12 heteroatoms. The van der Waals surface area contributed by atoms with Gasteiger partial charge in [-0.25, -0.2) is 15.0 Å². The molecular formula is C34H29F3N4O4S. The molecule has 8 nitrogen and oxygen atoms in total. The number of fused-ring (bicyclic) bond motifs is 1. The Hall–Kier alpha value is -5.10. The Morgan fingerprint density at radius 2 is 1.63 bits per heavy atom. The number of carbonyl (C=O) groups is 3. The van der Waals surface area contributed by atoms with Crippen molar-refractivity contribution < 1.29 is 32.3 Å². The van der Waals surface area contributed by atoms with Gasteiger partial charge in [-0.3, -0.25) is 4.79 Å². The lowest BCUT2D eigenvalue weighted by Gasteiger charge is -2.17. The number of carbonyl (C=O) groups excluding carboxylic acids is 3. The third-order valence-electron chi connectivity index (χ3n) is 7.18. The van der Waals surface area contributed by atoms with Gasteiger partial charge in [-0.15, -0.1) is 11.8 Å². The minimum absolute atomic E-state index is 0.0168. The highest BCUT2D eigenvalue weighted by Gasteiger charge is 2.34. The van der Waals surface area contributed by atoms with Crippen molar-refractivity contribution in [3.63, 3.8) is 0 Å². The molecule has 0 aromatic heterocycles. The molecule has 1 aliphatic heterocycles. The van der Waals surface area contributed by atoms with Crippen molar-refractivity contribution in [2.24, 2.45) is 5.10 Å². The summed E-state index contributed by atoms with van der Waals surface area (Å²) in [4.78, 5) is 40.3. The highest BCUT2D eigenvalue weighted by Crippen LogP contribution is 2.34. The van der Waals surface area contributed by atoms with E-state index in [0.717, 1.165) is 34.6 Å². The van der Waals surface area contributed by atoms with Crippen LogP contribution >= 0.6 is 11.8 Å². The number of hydrogen-bond donors (Lipinski definition) is 2. The average Bonchev–Trinajstić information content (AvgIpc) is 3.32. The fourth-order valence-corrected chi connectivity index (χ4v) is 5.79. The molecule has 0 unspecified atom stereocenters. The minimum Gasteiger partial charge on any atom is -0.465 e. The molecule has 0 atom stereocenters. The predicted molar refractivity (Wildman–Crippen MR) is 171 cm³/mol. The van der Waals surface area contributed by atoms with E-state index in [2.05, 4.69) is 15.8 Å². The maximum Gasteiger partial charge on any atom is 0.416 e. The lowest BCUT2D eigenvalue weighted by atomic mass is 10.1. The molecular weight excluding hydrogens is 617 g/mol. The van der Waals surface area contributed by atoms with E-state index in [1.807, 2.05) is 60.7 Å². The summed E-state index contributed by atoms with van der Waals surface area (Å²) in [5.74, 6) is -0.0868. The van der Waals surface area contributed by atoms with Gasteiger partial charge in [0.1, 0.15) is 0 Å². The summed E-state index contributed by atoms with van der Waals surface area (Å²) in [6.07, 6.45) is -3.25. The topological polar surface area (TPSA) is 100 Å². The molecule has 0 fully saturated rings. The van der Waals surface area contributed by atoms with Crippen LogP contribution in [-0.4, -0.2) is 43.0 Å². The van der Waals surface area contributed by atoms with E-state index in [4.69, 9.17) is 4.74 Å². The number of esters is 1. The summed E-state index contributed by atoms with van der Waals surface area (Å²) in [6.45, 7) is 0.374. The van der Waals surface area contributed by atoms with Crippen LogP contribution in [0.5, 0.6) is 0 Å². The van der Waals surface area contributed by atoms with Crippen molar-refractivity contribution in [3.05, 3.63) is 125 Å². The Balaban J connectivity index is 1.31. The van der Waals surface area contributed by atoms with Gasteiger partial charge in [-0.2, -0.15) is 18.3 Å². The summed E-state index contributed by atoms with van der Waals surface area (Å²) >= 11 is 1.57. The molecule has 0 aliphatic carbocycles. The van der Waals surface area contributed by atoms with Crippen LogP contribution in [0.25, 0.3) is 0 Å². The largest absolute Gasteiger partial charge is 0.465 e. The zero-order valence-corrected chi connectivity index (χ0v) is 25.5. The number of urea groups is 1. The van der Waals surface area contributed by atoms with Crippen LogP contribution in [0, 0.1) is 0 Å². The van der Waals surface area contributed by atoms with E-state index < -0.39 is 29.6 Å². The fraction of sp³-hybridized carbons (Fsp3) is 0.176. The Bertz CT molecular complexity index is 1760. The Morgan fingerprint density at radius 3 is 2.35 bits per heavy atom. The van der Waals surface area contributed by atoms with Crippen molar-refractivity contribution in [1.82, 2.24) is 5.43 Å². The first kappa shape index (κ1) is 32.3. The number of hydrogen-bond acceptors (Lipinski definition) is 6. The third-order valence-corrected chi connectivity index (χ3v) is 8.18. The number of ether oxygens (including phenoxy) is 1. The van der Waals surface area contributed by atoms with E-state index in [1.165, 1.54) is 19.2 Å². The van der Waals surface area contributed by atoms with Gasteiger partial charge in [0.25, 0.3) is 5.91 Å². The van der Waals surface area contributed by atoms with Crippen molar-refractivity contribution >= 4 is 46.8 Å². The zero-order chi connectivity index (χ0) is 32.7. The van der Waals surface area contributed by atoms with Crippen molar-refractivity contribution in [3.8, 4) is 0 Å². The number of halogens is 3. The number of benzene rings is 4. The Morgan fingerprint density at radius 1 is 0.891 bits per heavy atom. The minimum atomic E-state index is -4.57. The highest BCUT2D eigenvalue weighted by molar-refractivity contribution is 7.99. The average molecular weight is 647 g/mol. The van der Waals surface area contributed by atoms with Gasteiger partial charge in [-0.05, 0) is 72.5 Å². The first-order chi connectivity index (χ1) is 22.1. The smallest absolute Gasteiger partial charge is 0.416 e. The van der Waals surface area contributed by atoms with Crippen LogP contribution in [0.1, 0.15) is 32.6 Å². The van der Waals surface area contributed by atoms with Gasteiger partial charge in [-0.1, -0.05) is 48.5 Å². The molecule has 2 N–H and O–H groups in total. The third kappa shape index (κ3) is 7.94. The number of alkyl halides is 3. The molecule has 236 valence electrons. The van der Waals surface area contributed by atoms with E-state index in [9.17, 15) is 27.6 Å². The number of amides is 3. The molecule has 1 aliphatic rings. The second kappa shape index (κ2) is 14.3. The second-order valence-electron chi connectivity index (χ2n) is 10.3.